The minimum absolute atomic E-state index is 0.0312. The van der Waals surface area contributed by atoms with E-state index in [1.54, 1.807) is 0 Å². The second kappa shape index (κ2) is 9.87. The number of anilines is 1. The van der Waals surface area contributed by atoms with Crippen molar-refractivity contribution in [2.24, 2.45) is 0 Å². The third-order valence-electron chi connectivity index (χ3n) is 5.44. The molecule has 3 rings (SSSR count). The van der Waals surface area contributed by atoms with Gasteiger partial charge in [-0.1, -0.05) is 19.3 Å². The van der Waals surface area contributed by atoms with Crippen molar-refractivity contribution in [1.29, 1.82) is 0 Å². The number of aryl methyl sites for hydroxylation is 1. The van der Waals surface area contributed by atoms with Gasteiger partial charge in [0.25, 0.3) is 11.8 Å². The maximum atomic E-state index is 13.9. The summed E-state index contributed by atoms with van der Waals surface area (Å²) in [4.78, 5) is 16.3. The van der Waals surface area contributed by atoms with Crippen LogP contribution in [0.5, 0.6) is 0 Å². The summed E-state index contributed by atoms with van der Waals surface area (Å²) < 4.78 is 93.1. The Morgan fingerprint density at radius 1 is 1.06 bits per heavy atom. The highest BCUT2D eigenvalue weighted by Crippen LogP contribution is 2.44. The van der Waals surface area contributed by atoms with Gasteiger partial charge in [0.15, 0.2) is 5.69 Å². The lowest BCUT2D eigenvalue weighted by atomic mass is 9.94. The van der Waals surface area contributed by atoms with Gasteiger partial charge in [-0.15, -0.1) is 10.2 Å². The van der Waals surface area contributed by atoms with Gasteiger partial charge in [0.05, 0.1) is 16.9 Å². The van der Waals surface area contributed by atoms with E-state index in [2.05, 4.69) is 20.5 Å². The second-order valence-electron chi connectivity index (χ2n) is 9.54. The van der Waals surface area contributed by atoms with E-state index in [0.29, 0.717) is 25.3 Å². The van der Waals surface area contributed by atoms with Crippen molar-refractivity contribution in [3.05, 3.63) is 23.2 Å². The van der Waals surface area contributed by atoms with Crippen molar-refractivity contribution in [2.75, 3.05) is 5.32 Å². The molecule has 0 saturated carbocycles. The van der Waals surface area contributed by atoms with E-state index in [-0.39, 0.29) is 19.3 Å². The molecular weight excluding hydrogens is 498 g/mol. The first-order valence-electron chi connectivity index (χ1n) is 11.3. The van der Waals surface area contributed by atoms with Crippen molar-refractivity contribution in [3.8, 4) is 11.6 Å². The molecule has 1 amide bonds. The number of ether oxygens (including phenoxy) is 1. The highest BCUT2D eigenvalue weighted by Gasteiger charge is 2.58. The van der Waals surface area contributed by atoms with Gasteiger partial charge in [-0.2, -0.15) is 26.3 Å². The predicted molar refractivity (Wildman–Crippen MR) is 114 cm³/mol. The zero-order valence-electron chi connectivity index (χ0n) is 19.8. The number of pyridine rings is 1. The second-order valence-corrected chi connectivity index (χ2v) is 9.54. The Bertz CT molecular complexity index is 1090. The Kier molecular flexibility index (Phi) is 7.59. The summed E-state index contributed by atoms with van der Waals surface area (Å²) in [5, 5.41) is 19.5. The van der Waals surface area contributed by atoms with Crippen molar-refractivity contribution >= 4 is 11.8 Å². The van der Waals surface area contributed by atoms with Crippen LogP contribution < -0.4 is 5.32 Å². The summed E-state index contributed by atoms with van der Waals surface area (Å²) in [5.41, 5.74) is -7.02. The Balaban J connectivity index is 2.19. The van der Waals surface area contributed by atoms with E-state index in [0.717, 1.165) is 0 Å². The molecule has 36 heavy (non-hydrogen) atoms. The lowest BCUT2D eigenvalue weighted by Gasteiger charge is -2.27. The number of aromatic nitrogens is 3. The van der Waals surface area contributed by atoms with E-state index < -0.39 is 70.5 Å². The molecular formula is C22H26F6N4O4. The number of halogens is 6. The first-order chi connectivity index (χ1) is 16.5. The molecule has 0 spiro atoms. The van der Waals surface area contributed by atoms with Crippen LogP contribution in [0.25, 0.3) is 11.6 Å². The van der Waals surface area contributed by atoms with E-state index >= 15 is 0 Å². The number of aliphatic hydroxyl groups is 1. The van der Waals surface area contributed by atoms with Crippen LogP contribution in [0.4, 0.5) is 36.8 Å². The smallest absolute Gasteiger partial charge is 0.426 e. The average molecular weight is 524 g/mol. The summed E-state index contributed by atoms with van der Waals surface area (Å²) in [5.74, 6) is -1.88. The Morgan fingerprint density at radius 3 is 2.31 bits per heavy atom. The van der Waals surface area contributed by atoms with E-state index in [1.165, 1.54) is 20.8 Å². The highest BCUT2D eigenvalue weighted by atomic mass is 19.4. The van der Waals surface area contributed by atoms with E-state index in [9.17, 15) is 36.2 Å². The predicted octanol–water partition coefficient (Wildman–Crippen LogP) is 6.14. The molecule has 8 nitrogen and oxygen atoms in total. The molecule has 0 fully saturated rings. The van der Waals surface area contributed by atoms with Gasteiger partial charge in [0, 0.05) is 0 Å². The molecule has 2 aromatic heterocycles. The third-order valence-corrected chi connectivity index (χ3v) is 5.44. The van der Waals surface area contributed by atoms with E-state index in [1.807, 2.05) is 0 Å². The number of carbonyl (C=O) groups excluding carboxylic acids is 1. The molecule has 200 valence electrons. The van der Waals surface area contributed by atoms with Crippen molar-refractivity contribution in [2.45, 2.75) is 89.3 Å². The van der Waals surface area contributed by atoms with Crippen LogP contribution in [0, 0.1) is 0 Å². The SMILES string of the molecule is CC(C)(C)OC(=O)Nc1cc(C(F)(F)F)c2nc1-c1nnc(o1)C(O)(C(F)(F)F)CCCCCCC2. The summed E-state index contributed by atoms with van der Waals surface area (Å²) >= 11 is 0. The first-order valence-corrected chi connectivity index (χ1v) is 11.3. The number of rotatable bonds is 1. The summed E-state index contributed by atoms with van der Waals surface area (Å²) in [7, 11) is 0. The van der Waals surface area contributed by atoms with Gasteiger partial charge >= 0.3 is 18.4 Å². The lowest BCUT2D eigenvalue weighted by molar-refractivity contribution is -0.277. The van der Waals surface area contributed by atoms with Gasteiger partial charge in [-0.05, 0) is 52.5 Å². The van der Waals surface area contributed by atoms with Crippen LogP contribution in [0.15, 0.2) is 10.5 Å². The number of amides is 1. The van der Waals surface area contributed by atoms with Gasteiger partial charge in [0.1, 0.15) is 5.60 Å². The zero-order chi connectivity index (χ0) is 26.9. The first kappa shape index (κ1) is 27.7. The topological polar surface area (TPSA) is 110 Å². The van der Waals surface area contributed by atoms with Gasteiger partial charge in [-0.3, -0.25) is 5.32 Å². The molecule has 0 saturated heterocycles. The minimum atomic E-state index is -5.16. The molecule has 0 aromatic carbocycles. The fourth-order valence-electron chi connectivity index (χ4n) is 3.72. The number of carbonyl (C=O) groups is 1. The zero-order valence-corrected chi connectivity index (χ0v) is 19.8. The maximum absolute atomic E-state index is 13.9. The normalized spacial score (nSPS) is 19.9. The minimum Gasteiger partial charge on any atom is -0.444 e. The number of nitrogens with one attached hydrogen (secondary N) is 1. The van der Waals surface area contributed by atoms with Gasteiger partial charge in [0.2, 0.25) is 5.60 Å². The molecule has 1 aliphatic rings. The number of fused-ring (bicyclic) bond motifs is 5. The standard InChI is InChI=1S/C22H26F6N4O4/c1-19(2,3)36-18(33)30-14-11-12(21(23,24)25)13-9-7-5-4-6-8-10-20(34,22(26,27)28)17-32-31-16(35-17)15(14)29-13/h11,34H,4-10H2,1-3H3,(H,30,33). The largest absolute Gasteiger partial charge is 0.444 e. The third kappa shape index (κ3) is 6.26. The number of hydrogen-bond donors (Lipinski definition) is 2. The van der Waals surface area contributed by atoms with Crippen LogP contribution in [0.2, 0.25) is 0 Å². The molecule has 14 heteroatoms. The van der Waals surface area contributed by atoms with Crippen molar-refractivity contribution in [1.82, 2.24) is 15.2 Å². The molecule has 1 unspecified atom stereocenters. The highest BCUT2D eigenvalue weighted by molar-refractivity contribution is 5.89. The van der Waals surface area contributed by atoms with Crippen molar-refractivity contribution in [3.63, 3.8) is 0 Å². The fraction of sp³-hybridized carbons (Fsp3) is 0.636. The summed E-state index contributed by atoms with van der Waals surface area (Å²) in [6.07, 6.45) is -10.5. The van der Waals surface area contributed by atoms with Crippen LogP contribution in [0.3, 0.4) is 0 Å². The fourth-order valence-corrected chi connectivity index (χ4v) is 3.72. The average Bonchev–Trinajstić information content (AvgIpc) is 3.20. The summed E-state index contributed by atoms with van der Waals surface area (Å²) in [6, 6.07) is 0.604. The molecule has 0 radical (unpaired) electrons. The Morgan fingerprint density at radius 2 is 1.69 bits per heavy atom. The summed E-state index contributed by atoms with van der Waals surface area (Å²) in [6.45, 7) is 4.59. The Labute approximate surface area is 202 Å². The van der Waals surface area contributed by atoms with Crippen LogP contribution >= 0.6 is 0 Å². The molecule has 1 atom stereocenters. The monoisotopic (exact) mass is 524 g/mol. The van der Waals surface area contributed by atoms with Gasteiger partial charge < -0.3 is 14.3 Å². The molecule has 1 aliphatic heterocycles. The molecule has 2 aromatic rings. The maximum Gasteiger partial charge on any atom is 0.426 e. The van der Waals surface area contributed by atoms with Gasteiger partial charge in [-0.25, -0.2) is 9.78 Å². The number of nitrogens with zero attached hydrogens (tertiary/aromatic N) is 3. The van der Waals surface area contributed by atoms with Crippen molar-refractivity contribution < 1.29 is 45.4 Å². The van der Waals surface area contributed by atoms with Crippen LogP contribution in [-0.4, -0.2) is 38.2 Å². The number of alkyl halides is 6. The van der Waals surface area contributed by atoms with Crippen LogP contribution in [0.1, 0.15) is 76.4 Å². The molecule has 4 bridgehead atoms. The number of hydrogen-bond acceptors (Lipinski definition) is 7. The van der Waals surface area contributed by atoms with E-state index in [4.69, 9.17) is 9.15 Å². The molecule has 2 N–H and O–H groups in total. The Hall–Kier alpha value is -2.90. The molecule has 3 heterocycles. The quantitative estimate of drug-likeness (QED) is 0.431. The molecule has 0 aliphatic carbocycles. The van der Waals surface area contributed by atoms with Crippen LogP contribution in [-0.2, 0) is 22.9 Å². The lowest BCUT2D eigenvalue weighted by Crippen LogP contribution is -2.42.